The number of rotatable bonds is 4. The summed E-state index contributed by atoms with van der Waals surface area (Å²) in [5.74, 6) is -6.42. The first-order valence-corrected chi connectivity index (χ1v) is 21.6. The fraction of sp³-hybridized carbons (Fsp3) is 0.630. The van der Waals surface area contributed by atoms with Crippen molar-refractivity contribution in [1.82, 2.24) is 20.9 Å². The van der Waals surface area contributed by atoms with Crippen molar-refractivity contribution < 1.29 is 54.1 Å². The Balaban J connectivity index is 1.47. The average molecular weight is 851 g/mol. The van der Waals surface area contributed by atoms with Crippen LogP contribution in [0.1, 0.15) is 114 Å². The van der Waals surface area contributed by atoms with Gasteiger partial charge in [-0.05, 0) is 44.2 Å². The Bertz CT molecular complexity index is 2000. The second-order valence-electron chi connectivity index (χ2n) is 18.6. The van der Waals surface area contributed by atoms with E-state index < -0.39 is 95.8 Å². The largest absolute Gasteiger partial charge is 0.507 e. The summed E-state index contributed by atoms with van der Waals surface area (Å²) in [4.78, 5) is 43.5. The molecule has 0 unspecified atom stereocenters. The number of Topliss-reactive ketones (excluding diaryl/α,β-unsaturated/α-hetero) is 1. The first kappa shape index (κ1) is 46.3. The lowest BCUT2D eigenvalue weighted by atomic mass is 9.76. The third kappa shape index (κ3) is 8.74. The van der Waals surface area contributed by atoms with Gasteiger partial charge in [-0.15, -0.1) is 0 Å². The number of nitrogens with one attached hydrogen (secondary N) is 3. The maximum atomic E-state index is 14.7. The number of esters is 1. The number of aromatic hydroxyl groups is 1. The Labute approximate surface area is 358 Å². The van der Waals surface area contributed by atoms with Gasteiger partial charge in [0.05, 0.1) is 47.1 Å². The summed E-state index contributed by atoms with van der Waals surface area (Å²) in [5.41, 5.74) is 0.941. The number of benzene rings is 1. The van der Waals surface area contributed by atoms with Crippen molar-refractivity contribution in [2.24, 2.45) is 35.5 Å². The molecule has 61 heavy (non-hydrogen) atoms. The molecule has 1 spiro atoms. The molecule has 0 radical (unpaired) electrons. The van der Waals surface area contributed by atoms with E-state index in [1.165, 1.54) is 20.1 Å². The van der Waals surface area contributed by atoms with Gasteiger partial charge in [0.2, 0.25) is 0 Å². The molecule has 1 aromatic rings. The van der Waals surface area contributed by atoms with E-state index in [0.29, 0.717) is 30.0 Å². The highest BCUT2D eigenvalue weighted by Crippen LogP contribution is 2.55. The van der Waals surface area contributed by atoms with Crippen LogP contribution in [0, 0.1) is 42.4 Å². The minimum absolute atomic E-state index is 0.0653. The number of carbonyl (C=O) groups is 3. The van der Waals surface area contributed by atoms with E-state index in [0.717, 1.165) is 19.6 Å². The first-order chi connectivity index (χ1) is 28.6. The number of allylic oxidation sites excluding steroid dienone is 2. The van der Waals surface area contributed by atoms with Gasteiger partial charge in [-0.3, -0.25) is 19.7 Å². The smallest absolute Gasteiger partial charge is 0.312 e. The Hall–Kier alpha value is -4.25. The predicted molar refractivity (Wildman–Crippen MR) is 227 cm³/mol. The molecule has 1 aliphatic carbocycles. The van der Waals surface area contributed by atoms with Crippen molar-refractivity contribution in [2.75, 3.05) is 26.2 Å². The number of fused-ring (bicyclic) bond motifs is 13. The average Bonchev–Trinajstić information content (AvgIpc) is 3.71. The van der Waals surface area contributed by atoms with Crippen molar-refractivity contribution in [3.05, 3.63) is 69.8 Å². The van der Waals surface area contributed by atoms with Crippen molar-refractivity contribution in [1.29, 1.82) is 0 Å². The highest BCUT2D eigenvalue weighted by Gasteiger charge is 2.56. The molecule has 8 N–H and O–H groups in total. The molecule has 0 aromatic heterocycles. The minimum Gasteiger partial charge on any atom is -0.507 e. The number of phenols is 1. The van der Waals surface area contributed by atoms with E-state index in [4.69, 9.17) is 14.2 Å². The fourth-order valence-corrected chi connectivity index (χ4v) is 9.78. The van der Waals surface area contributed by atoms with E-state index in [-0.39, 0.29) is 39.5 Å². The molecule has 6 aliphatic rings. The number of hydrogen-bond acceptors (Lipinski definition) is 14. The third-order valence-corrected chi connectivity index (χ3v) is 13.6. The van der Waals surface area contributed by atoms with E-state index in [1.54, 1.807) is 65.8 Å². The van der Waals surface area contributed by atoms with Crippen LogP contribution in [0.5, 0.6) is 11.5 Å². The molecule has 7 rings (SSSR count). The number of ether oxygens (including phenoxy) is 3. The molecule has 2 saturated heterocycles. The van der Waals surface area contributed by atoms with Crippen LogP contribution in [-0.2, 0) is 19.1 Å². The van der Waals surface area contributed by atoms with Gasteiger partial charge in [-0.25, -0.2) is 0 Å². The summed E-state index contributed by atoms with van der Waals surface area (Å²) in [6.45, 7) is 19.3. The number of aliphatic hydroxyl groups excluding tert-OH is 4. The predicted octanol–water partition coefficient (Wildman–Crippen LogP) is 3.90. The number of piperidine rings is 1. The molecule has 5 bridgehead atoms. The highest BCUT2D eigenvalue weighted by atomic mass is 16.7. The summed E-state index contributed by atoms with van der Waals surface area (Å²) < 4.78 is 18.2. The number of phenolic OH excluding ortho intramolecular Hbond substituents is 1. The molecule has 1 aromatic carbocycles. The van der Waals surface area contributed by atoms with Gasteiger partial charge in [0.25, 0.3) is 11.7 Å². The van der Waals surface area contributed by atoms with E-state index >= 15 is 0 Å². The molecule has 5 heterocycles. The number of ketones is 1. The fourth-order valence-electron chi connectivity index (χ4n) is 9.78. The van der Waals surface area contributed by atoms with Gasteiger partial charge >= 0.3 is 11.8 Å². The summed E-state index contributed by atoms with van der Waals surface area (Å²) >= 11 is 0. The number of amides is 1. The lowest BCUT2D eigenvalue weighted by Crippen LogP contribution is -2.56. The second kappa shape index (κ2) is 17.9. The van der Waals surface area contributed by atoms with E-state index in [9.17, 15) is 39.9 Å². The van der Waals surface area contributed by atoms with Gasteiger partial charge in [-0.2, -0.15) is 0 Å². The van der Waals surface area contributed by atoms with Crippen LogP contribution >= 0.6 is 0 Å². The molecule has 15 nitrogen and oxygen atoms in total. The van der Waals surface area contributed by atoms with Crippen molar-refractivity contribution in [2.45, 2.75) is 124 Å². The molecule has 15 heteroatoms. The second-order valence-corrected chi connectivity index (χ2v) is 18.6. The number of aliphatic hydroxyl groups is 4. The van der Waals surface area contributed by atoms with Crippen LogP contribution in [0.3, 0.4) is 0 Å². The van der Waals surface area contributed by atoms with Gasteiger partial charge < -0.3 is 55.3 Å². The van der Waals surface area contributed by atoms with Crippen molar-refractivity contribution in [3.8, 4) is 11.5 Å². The van der Waals surface area contributed by atoms with E-state index in [1.807, 2.05) is 0 Å². The molecular weight excluding hydrogens is 785 g/mol. The summed E-state index contributed by atoms with van der Waals surface area (Å²) in [7, 11) is 0. The van der Waals surface area contributed by atoms with E-state index in [2.05, 4.69) is 34.7 Å². The zero-order valence-electron chi connectivity index (χ0n) is 37.1. The standard InChI is InChI=1S/C46H66N4O11/c1-22(2)20-50-17-15-46(16-18-50)48-34-31-32-39(55)28(8)42-33(31)43(57)45(10,61-42)59-19-14-30(21-51)25(5)41(60-29(9)52)27(7)38(54)26(6)37(53)23(3)12-11-13-24(4)44(58)47-36(40(32)56)35(34)49-46/h11-14,19,22-23,25-27,30,34,37-38,40-41,48-49,51,53-56H,15-18,20-21H2,1-10H3,(H,47,58)/b12-11+,19-14+,24-13-/t23-,25+,26+,27+,30+,34-,37-,38+,40+,41+,45-/m0/s1. The first-order valence-electron chi connectivity index (χ1n) is 21.6. The van der Waals surface area contributed by atoms with Crippen LogP contribution in [0.25, 0.3) is 0 Å². The van der Waals surface area contributed by atoms with Crippen molar-refractivity contribution >= 4 is 17.7 Å². The van der Waals surface area contributed by atoms with Crippen LogP contribution in [0.15, 0.2) is 47.5 Å². The SMILES string of the molecule is CC(=O)O[C@H]1[C@H](C)[C@H](O)[C@H](C)[C@@H](O)[C@@H](C)/C=C/C=C(/C)C(=O)NC2=C3NC4(CCN(CC(C)C)CC4)N[C@H]3c3c4c(c(C)c(O)c3[C@H]2O)O[C@](C)(O/C=C/[C@H](CO)[C@H]1C)C4=O. The summed E-state index contributed by atoms with van der Waals surface area (Å²) in [5, 5.41) is 67.9. The quantitative estimate of drug-likeness (QED) is 0.202. The van der Waals surface area contributed by atoms with Gasteiger partial charge in [-0.1, -0.05) is 59.8 Å². The molecular formula is C46H66N4O11. The van der Waals surface area contributed by atoms with Gasteiger partial charge in [0.15, 0.2) is 0 Å². The molecule has 1 amide bonds. The molecule has 5 aliphatic heterocycles. The highest BCUT2D eigenvalue weighted by molar-refractivity contribution is 6.09. The van der Waals surface area contributed by atoms with Crippen LogP contribution < -0.4 is 20.7 Å². The Morgan fingerprint density at radius 1 is 0.984 bits per heavy atom. The van der Waals surface area contributed by atoms with Crippen LogP contribution in [-0.4, -0.2) is 104 Å². The number of hydrogen-bond donors (Lipinski definition) is 8. The maximum Gasteiger partial charge on any atom is 0.312 e. The Morgan fingerprint density at radius 2 is 1.66 bits per heavy atom. The van der Waals surface area contributed by atoms with Crippen LogP contribution in [0.4, 0.5) is 0 Å². The zero-order chi connectivity index (χ0) is 44.9. The Morgan fingerprint density at radius 3 is 2.28 bits per heavy atom. The lowest BCUT2D eigenvalue weighted by Gasteiger charge is -2.40. The van der Waals surface area contributed by atoms with Gasteiger partial charge in [0.1, 0.15) is 23.7 Å². The Kier molecular flexibility index (Phi) is 13.5. The monoisotopic (exact) mass is 850 g/mol. The lowest BCUT2D eigenvalue weighted by molar-refractivity contribution is -0.159. The molecule has 0 saturated carbocycles. The molecule has 11 atom stereocenters. The molecule has 336 valence electrons. The number of likely N-dealkylation sites (tertiary alicyclic amines) is 1. The summed E-state index contributed by atoms with van der Waals surface area (Å²) in [6.07, 6.45) is 4.48. The topological polar surface area (TPSA) is 219 Å². The maximum absolute atomic E-state index is 14.7. The minimum atomic E-state index is -1.94. The molecule has 2 fully saturated rings. The van der Waals surface area contributed by atoms with Gasteiger partial charge in [0, 0.05) is 86.4 Å². The zero-order valence-corrected chi connectivity index (χ0v) is 37.1. The normalized spacial score (nSPS) is 36.3. The van der Waals surface area contributed by atoms with Crippen LogP contribution in [0.2, 0.25) is 0 Å². The number of nitrogens with zero attached hydrogens (tertiary/aromatic N) is 1. The number of carbonyl (C=O) groups excluding carboxylic acids is 3. The third-order valence-electron chi connectivity index (χ3n) is 13.6. The van der Waals surface area contributed by atoms with Crippen molar-refractivity contribution in [3.63, 3.8) is 0 Å². The summed E-state index contributed by atoms with van der Waals surface area (Å²) in [6, 6.07) is -0.773.